The molecule has 3 aromatic rings. The third-order valence-electron chi connectivity index (χ3n) is 6.72. The minimum Gasteiger partial charge on any atom is -0.497 e. The Balaban J connectivity index is 1.67. The zero-order valence-corrected chi connectivity index (χ0v) is 20.8. The Morgan fingerprint density at radius 2 is 1.35 bits per heavy atom. The standard InChI is InChI=1S/C30H30O7/c1-30(34)17-24(31)26(28(32)36-18-20-9-5-3-6-10-20)25(22-13-15-23(35-2)16-14-22)27(30)29(33)37-19-21-11-7-4-8-12-21/h3-16,25-27,34H,17-19H2,1-2H3/t25-,26-,27-,30+/m0/s1. The Morgan fingerprint density at radius 1 is 0.838 bits per heavy atom. The van der Waals surface area contributed by atoms with E-state index in [1.54, 1.807) is 24.3 Å². The third-order valence-corrected chi connectivity index (χ3v) is 6.72. The van der Waals surface area contributed by atoms with Gasteiger partial charge in [0.15, 0.2) is 5.78 Å². The van der Waals surface area contributed by atoms with Crippen LogP contribution in [0.4, 0.5) is 0 Å². The Kier molecular flexibility index (Phi) is 8.04. The van der Waals surface area contributed by atoms with Crippen LogP contribution in [0, 0.1) is 11.8 Å². The van der Waals surface area contributed by atoms with Crippen molar-refractivity contribution in [2.45, 2.75) is 38.1 Å². The van der Waals surface area contributed by atoms with Crippen molar-refractivity contribution in [3.05, 3.63) is 102 Å². The van der Waals surface area contributed by atoms with Gasteiger partial charge in [-0.25, -0.2) is 0 Å². The van der Waals surface area contributed by atoms with Crippen LogP contribution in [0.2, 0.25) is 0 Å². The van der Waals surface area contributed by atoms with Crippen molar-refractivity contribution < 1.29 is 33.7 Å². The van der Waals surface area contributed by atoms with E-state index in [-0.39, 0.29) is 19.6 Å². The number of carbonyl (C=O) groups excluding carboxylic acids is 3. The number of aliphatic hydroxyl groups is 1. The molecular formula is C30H30O7. The molecule has 0 heterocycles. The lowest BCUT2D eigenvalue weighted by atomic mass is 9.61. The molecule has 1 fully saturated rings. The lowest BCUT2D eigenvalue weighted by Gasteiger charge is -2.43. The van der Waals surface area contributed by atoms with Crippen molar-refractivity contribution in [3.63, 3.8) is 0 Å². The van der Waals surface area contributed by atoms with E-state index in [1.165, 1.54) is 14.0 Å². The minimum atomic E-state index is -1.73. The van der Waals surface area contributed by atoms with Crippen LogP contribution in [-0.2, 0) is 37.1 Å². The summed E-state index contributed by atoms with van der Waals surface area (Å²) in [6.45, 7) is 1.42. The Bertz CT molecular complexity index is 1220. The number of Topliss-reactive ketones (excluding diaryl/α,β-unsaturated/α-hetero) is 1. The molecule has 0 spiro atoms. The fraction of sp³-hybridized carbons (Fsp3) is 0.300. The van der Waals surface area contributed by atoms with E-state index in [0.717, 1.165) is 11.1 Å². The van der Waals surface area contributed by atoms with Gasteiger partial charge in [0.2, 0.25) is 0 Å². The predicted molar refractivity (Wildman–Crippen MR) is 135 cm³/mol. The molecule has 7 heteroatoms. The topological polar surface area (TPSA) is 99.1 Å². The van der Waals surface area contributed by atoms with Crippen LogP contribution in [0.15, 0.2) is 84.9 Å². The molecule has 1 N–H and O–H groups in total. The van der Waals surface area contributed by atoms with Gasteiger partial charge in [0.25, 0.3) is 0 Å². The van der Waals surface area contributed by atoms with Crippen LogP contribution >= 0.6 is 0 Å². The van der Waals surface area contributed by atoms with Crippen LogP contribution in [0.1, 0.15) is 36.0 Å². The average Bonchev–Trinajstić information content (AvgIpc) is 2.90. The number of rotatable bonds is 8. The Hall–Kier alpha value is -3.97. The van der Waals surface area contributed by atoms with Gasteiger partial charge in [-0.1, -0.05) is 72.8 Å². The number of methoxy groups -OCH3 is 1. The van der Waals surface area contributed by atoms with E-state index in [2.05, 4.69) is 0 Å². The van der Waals surface area contributed by atoms with E-state index < -0.39 is 41.1 Å². The quantitative estimate of drug-likeness (QED) is 0.364. The van der Waals surface area contributed by atoms with Crippen LogP contribution in [0.5, 0.6) is 5.75 Å². The molecule has 1 saturated carbocycles. The minimum absolute atomic E-state index is 0.00134. The normalized spacial score (nSPS) is 23.2. The van der Waals surface area contributed by atoms with Gasteiger partial charge in [-0.3, -0.25) is 14.4 Å². The molecule has 192 valence electrons. The van der Waals surface area contributed by atoms with Crippen LogP contribution < -0.4 is 4.74 Å². The van der Waals surface area contributed by atoms with Crippen molar-refractivity contribution in [1.82, 2.24) is 0 Å². The van der Waals surface area contributed by atoms with Gasteiger partial charge in [-0.2, -0.15) is 0 Å². The Morgan fingerprint density at radius 3 is 1.86 bits per heavy atom. The molecule has 37 heavy (non-hydrogen) atoms. The van der Waals surface area contributed by atoms with Gasteiger partial charge in [0.05, 0.1) is 18.6 Å². The van der Waals surface area contributed by atoms with E-state index in [1.807, 2.05) is 60.7 Å². The van der Waals surface area contributed by atoms with Gasteiger partial charge in [-0.05, 0) is 35.7 Å². The highest BCUT2D eigenvalue weighted by Gasteiger charge is 2.57. The van der Waals surface area contributed by atoms with Crippen molar-refractivity contribution in [2.75, 3.05) is 7.11 Å². The number of benzene rings is 3. The number of hydrogen-bond donors (Lipinski definition) is 1. The molecule has 0 radical (unpaired) electrons. The lowest BCUT2D eigenvalue weighted by Crippen LogP contribution is -2.55. The van der Waals surface area contributed by atoms with Gasteiger partial charge in [-0.15, -0.1) is 0 Å². The molecule has 0 amide bonds. The lowest BCUT2D eigenvalue weighted by molar-refractivity contribution is -0.174. The molecule has 3 aromatic carbocycles. The second-order valence-corrected chi connectivity index (χ2v) is 9.44. The van der Waals surface area contributed by atoms with Crippen molar-refractivity contribution in [1.29, 1.82) is 0 Å². The molecule has 0 bridgehead atoms. The summed E-state index contributed by atoms with van der Waals surface area (Å²) in [5.41, 5.74) is 0.344. The van der Waals surface area contributed by atoms with E-state index in [4.69, 9.17) is 14.2 Å². The molecule has 1 aliphatic rings. The van der Waals surface area contributed by atoms with E-state index >= 15 is 0 Å². The van der Waals surface area contributed by atoms with Crippen LogP contribution in [0.25, 0.3) is 0 Å². The summed E-state index contributed by atoms with van der Waals surface area (Å²) in [6.07, 6.45) is -0.379. The second kappa shape index (κ2) is 11.4. The molecule has 4 rings (SSSR count). The maximum Gasteiger partial charge on any atom is 0.317 e. The molecule has 0 aromatic heterocycles. The first-order valence-electron chi connectivity index (χ1n) is 12.1. The highest BCUT2D eigenvalue weighted by Crippen LogP contribution is 2.47. The molecule has 0 aliphatic heterocycles. The molecule has 7 nitrogen and oxygen atoms in total. The molecule has 0 saturated heterocycles. The number of carbonyl (C=O) groups is 3. The number of hydrogen-bond acceptors (Lipinski definition) is 7. The average molecular weight is 503 g/mol. The summed E-state index contributed by atoms with van der Waals surface area (Å²) in [4.78, 5) is 40.1. The first-order chi connectivity index (χ1) is 17.8. The third kappa shape index (κ3) is 6.06. The highest BCUT2D eigenvalue weighted by molar-refractivity contribution is 6.02. The zero-order chi connectivity index (χ0) is 26.4. The van der Waals surface area contributed by atoms with E-state index in [0.29, 0.717) is 11.3 Å². The predicted octanol–water partition coefficient (Wildman–Crippen LogP) is 4.22. The summed E-state index contributed by atoms with van der Waals surface area (Å²) < 4.78 is 16.4. The number of esters is 2. The van der Waals surface area contributed by atoms with Gasteiger partial charge >= 0.3 is 11.9 Å². The maximum atomic E-state index is 13.5. The first kappa shape index (κ1) is 26.1. The molecular weight excluding hydrogens is 472 g/mol. The second-order valence-electron chi connectivity index (χ2n) is 9.44. The Labute approximate surface area is 216 Å². The maximum absolute atomic E-state index is 13.5. The van der Waals surface area contributed by atoms with Crippen molar-refractivity contribution in [2.24, 2.45) is 11.8 Å². The fourth-order valence-corrected chi connectivity index (χ4v) is 4.88. The van der Waals surface area contributed by atoms with Gasteiger partial charge < -0.3 is 19.3 Å². The summed E-state index contributed by atoms with van der Waals surface area (Å²) in [6, 6.07) is 25.0. The van der Waals surface area contributed by atoms with Gasteiger partial charge in [0, 0.05) is 12.3 Å². The smallest absolute Gasteiger partial charge is 0.317 e. The van der Waals surface area contributed by atoms with Crippen molar-refractivity contribution >= 4 is 17.7 Å². The highest BCUT2D eigenvalue weighted by atomic mass is 16.5. The molecule has 0 unspecified atom stereocenters. The summed E-state index contributed by atoms with van der Waals surface area (Å²) in [5.74, 6) is -4.81. The number of ketones is 1. The van der Waals surface area contributed by atoms with Crippen LogP contribution in [0.3, 0.4) is 0 Å². The molecule has 1 aliphatic carbocycles. The van der Waals surface area contributed by atoms with E-state index in [9.17, 15) is 19.5 Å². The SMILES string of the molecule is COc1ccc([C@H]2[C@@H](C(=O)OCc3ccccc3)C(=O)C[C@@](C)(O)[C@@H]2C(=O)OCc2ccccc2)cc1. The summed E-state index contributed by atoms with van der Waals surface area (Å²) in [7, 11) is 1.53. The van der Waals surface area contributed by atoms with Crippen LogP contribution in [-0.4, -0.2) is 35.5 Å². The first-order valence-corrected chi connectivity index (χ1v) is 12.1. The fourth-order valence-electron chi connectivity index (χ4n) is 4.88. The summed E-state index contributed by atoms with van der Waals surface area (Å²) >= 11 is 0. The van der Waals surface area contributed by atoms with Gasteiger partial charge in [0.1, 0.15) is 24.9 Å². The molecule has 4 atom stereocenters. The monoisotopic (exact) mass is 502 g/mol. The summed E-state index contributed by atoms with van der Waals surface area (Å²) in [5, 5.41) is 11.3. The largest absolute Gasteiger partial charge is 0.497 e. The number of ether oxygens (including phenoxy) is 3. The zero-order valence-electron chi connectivity index (χ0n) is 20.8. The van der Waals surface area contributed by atoms with Crippen molar-refractivity contribution in [3.8, 4) is 5.75 Å².